The number of benzene rings is 1. The highest BCUT2D eigenvalue weighted by Crippen LogP contribution is 2.35. The lowest BCUT2D eigenvalue weighted by Crippen LogP contribution is -2.32. The lowest BCUT2D eigenvalue weighted by molar-refractivity contribution is -0.152. The van der Waals surface area contributed by atoms with E-state index in [1.165, 1.54) is 13.2 Å². The molecule has 0 aromatic heterocycles. The third-order valence-corrected chi connectivity index (χ3v) is 3.97. The lowest BCUT2D eigenvalue weighted by Gasteiger charge is -2.30. The summed E-state index contributed by atoms with van der Waals surface area (Å²) in [7, 11) is 0. The normalized spacial score (nSPS) is 23.6. The molecule has 0 aliphatic heterocycles. The second-order valence-electron chi connectivity index (χ2n) is 5.80. The van der Waals surface area contributed by atoms with E-state index in [2.05, 4.69) is 0 Å². The van der Waals surface area contributed by atoms with Crippen LogP contribution in [0.4, 0.5) is 0 Å². The summed E-state index contributed by atoms with van der Waals surface area (Å²) in [6.45, 7) is 3.30. The van der Waals surface area contributed by atoms with Crippen molar-refractivity contribution in [2.45, 2.75) is 51.6 Å². The fourth-order valence-corrected chi connectivity index (χ4v) is 2.76. The zero-order valence-electron chi connectivity index (χ0n) is 13.1. The van der Waals surface area contributed by atoms with E-state index in [0.717, 1.165) is 37.7 Å². The summed E-state index contributed by atoms with van der Waals surface area (Å²) < 4.78 is 10.8. The van der Waals surface area contributed by atoms with Crippen molar-refractivity contribution in [2.24, 2.45) is 0 Å². The predicted molar refractivity (Wildman–Crippen MR) is 83.2 cm³/mol. The van der Waals surface area contributed by atoms with Gasteiger partial charge in [-0.15, -0.1) is 0 Å². The summed E-state index contributed by atoms with van der Waals surface area (Å²) >= 11 is 0. The smallest absolute Gasteiger partial charge is 0.342 e. The molecule has 1 unspecified atom stereocenters. The van der Waals surface area contributed by atoms with Crippen LogP contribution >= 0.6 is 0 Å². The Morgan fingerprint density at radius 3 is 2.55 bits per heavy atom. The van der Waals surface area contributed by atoms with E-state index in [9.17, 15) is 9.59 Å². The minimum absolute atomic E-state index is 0.315. The van der Waals surface area contributed by atoms with Crippen molar-refractivity contribution in [3.8, 4) is 0 Å². The largest absolute Gasteiger partial charge is 0.455 e. The van der Waals surface area contributed by atoms with Gasteiger partial charge < -0.3 is 9.47 Å². The Balaban J connectivity index is 2.15. The maximum atomic E-state index is 12.0. The third-order valence-electron chi connectivity index (χ3n) is 3.97. The van der Waals surface area contributed by atoms with Crippen molar-refractivity contribution in [1.82, 2.24) is 0 Å². The van der Waals surface area contributed by atoms with Gasteiger partial charge in [-0.05, 0) is 44.7 Å². The number of ether oxygens (including phenoxy) is 2. The van der Waals surface area contributed by atoms with Crippen LogP contribution in [0.3, 0.4) is 0 Å². The van der Waals surface area contributed by atoms with Gasteiger partial charge in [0.25, 0.3) is 0 Å². The quantitative estimate of drug-likeness (QED) is 0.481. The van der Waals surface area contributed by atoms with Gasteiger partial charge in [0, 0.05) is 12.5 Å². The minimum Gasteiger partial charge on any atom is -0.455 e. The zero-order valence-corrected chi connectivity index (χ0v) is 13.1. The lowest BCUT2D eigenvalue weighted by atomic mass is 9.91. The van der Waals surface area contributed by atoms with Crippen LogP contribution in [0.15, 0.2) is 42.2 Å². The van der Waals surface area contributed by atoms with E-state index in [4.69, 9.17) is 9.47 Å². The molecule has 4 heteroatoms. The Kier molecular flexibility index (Phi) is 5.36. The second-order valence-corrected chi connectivity index (χ2v) is 5.80. The summed E-state index contributed by atoms with van der Waals surface area (Å²) in [4.78, 5) is 23.4. The molecule has 1 aromatic rings. The van der Waals surface area contributed by atoms with Crippen molar-refractivity contribution >= 4 is 11.9 Å². The fourth-order valence-electron chi connectivity index (χ4n) is 2.76. The topological polar surface area (TPSA) is 52.6 Å². The average molecular weight is 302 g/mol. The molecular weight excluding hydrogens is 280 g/mol. The number of rotatable bonds is 3. The van der Waals surface area contributed by atoms with E-state index in [-0.39, 0.29) is 5.97 Å². The SMILES string of the molecule is CC(=O)OC1(C)CCCCCC1=COC(=O)c1ccccc1. The summed E-state index contributed by atoms with van der Waals surface area (Å²) in [5.41, 5.74) is 0.686. The highest BCUT2D eigenvalue weighted by molar-refractivity contribution is 5.89. The van der Waals surface area contributed by atoms with E-state index in [0.29, 0.717) is 5.56 Å². The third kappa shape index (κ3) is 4.20. The van der Waals surface area contributed by atoms with E-state index < -0.39 is 11.6 Å². The van der Waals surface area contributed by atoms with Gasteiger partial charge in [-0.2, -0.15) is 0 Å². The van der Waals surface area contributed by atoms with Crippen LogP contribution < -0.4 is 0 Å². The summed E-state index contributed by atoms with van der Waals surface area (Å²) in [5.74, 6) is -0.716. The van der Waals surface area contributed by atoms with Crippen molar-refractivity contribution in [1.29, 1.82) is 0 Å². The van der Waals surface area contributed by atoms with Gasteiger partial charge in [0.2, 0.25) is 0 Å². The van der Waals surface area contributed by atoms with Crippen LogP contribution in [-0.4, -0.2) is 17.5 Å². The Morgan fingerprint density at radius 2 is 1.86 bits per heavy atom. The molecule has 1 aromatic carbocycles. The van der Waals surface area contributed by atoms with Crippen LogP contribution in [0.5, 0.6) is 0 Å². The molecule has 1 atom stereocenters. The molecule has 118 valence electrons. The molecule has 0 amide bonds. The molecule has 2 rings (SSSR count). The van der Waals surface area contributed by atoms with Crippen LogP contribution in [0.25, 0.3) is 0 Å². The first kappa shape index (κ1) is 16.3. The molecule has 0 radical (unpaired) electrons. The summed E-state index contributed by atoms with van der Waals surface area (Å²) in [5, 5.41) is 0. The van der Waals surface area contributed by atoms with E-state index >= 15 is 0 Å². The molecule has 0 N–H and O–H groups in total. The first-order valence-corrected chi connectivity index (χ1v) is 7.66. The summed E-state index contributed by atoms with van der Waals surface area (Å²) in [6.07, 6.45) is 6.08. The number of hydrogen-bond donors (Lipinski definition) is 0. The first-order chi connectivity index (χ1) is 10.5. The zero-order chi connectivity index (χ0) is 16.0. The van der Waals surface area contributed by atoms with Crippen LogP contribution in [-0.2, 0) is 14.3 Å². The van der Waals surface area contributed by atoms with E-state index in [1.54, 1.807) is 24.3 Å². The van der Waals surface area contributed by atoms with Gasteiger partial charge in [0.1, 0.15) is 5.60 Å². The Bertz CT molecular complexity index is 562. The predicted octanol–water partition coefficient (Wildman–Crippen LogP) is 4.01. The number of carbonyl (C=O) groups is 2. The monoisotopic (exact) mass is 302 g/mol. The maximum Gasteiger partial charge on any atom is 0.342 e. The Labute approximate surface area is 131 Å². The summed E-state index contributed by atoms with van der Waals surface area (Å²) in [6, 6.07) is 8.84. The number of hydrogen-bond acceptors (Lipinski definition) is 4. The standard InChI is InChI=1S/C18H22O4/c1-14(19)22-18(2)12-8-4-7-11-16(18)13-21-17(20)15-9-5-3-6-10-15/h3,5-6,9-10,13H,4,7-8,11-12H2,1-2H3. The van der Waals surface area contributed by atoms with Crippen LogP contribution in [0.2, 0.25) is 0 Å². The molecule has 1 aliphatic rings. The van der Waals surface area contributed by atoms with Gasteiger partial charge in [-0.3, -0.25) is 4.79 Å². The van der Waals surface area contributed by atoms with Gasteiger partial charge in [-0.25, -0.2) is 4.79 Å². The first-order valence-electron chi connectivity index (χ1n) is 7.66. The Hall–Kier alpha value is -2.10. The Morgan fingerprint density at radius 1 is 1.14 bits per heavy atom. The van der Waals surface area contributed by atoms with Crippen LogP contribution in [0.1, 0.15) is 56.3 Å². The van der Waals surface area contributed by atoms with Gasteiger partial charge in [0.05, 0.1) is 11.8 Å². The number of esters is 2. The van der Waals surface area contributed by atoms with Crippen molar-refractivity contribution in [3.63, 3.8) is 0 Å². The van der Waals surface area contributed by atoms with Crippen LogP contribution in [0, 0.1) is 0 Å². The van der Waals surface area contributed by atoms with Crippen molar-refractivity contribution < 1.29 is 19.1 Å². The molecular formula is C18H22O4. The highest BCUT2D eigenvalue weighted by atomic mass is 16.6. The molecule has 0 heterocycles. The minimum atomic E-state index is -0.681. The molecule has 0 bridgehead atoms. The van der Waals surface area contributed by atoms with Gasteiger partial charge in [0.15, 0.2) is 0 Å². The maximum absolute atomic E-state index is 12.0. The molecule has 4 nitrogen and oxygen atoms in total. The van der Waals surface area contributed by atoms with E-state index in [1.807, 2.05) is 13.0 Å². The molecule has 0 saturated heterocycles. The van der Waals surface area contributed by atoms with Gasteiger partial charge >= 0.3 is 11.9 Å². The van der Waals surface area contributed by atoms with Crippen molar-refractivity contribution in [2.75, 3.05) is 0 Å². The molecule has 1 fully saturated rings. The second kappa shape index (κ2) is 7.25. The van der Waals surface area contributed by atoms with Crippen molar-refractivity contribution in [3.05, 3.63) is 47.7 Å². The molecule has 22 heavy (non-hydrogen) atoms. The number of carbonyl (C=O) groups excluding carboxylic acids is 2. The molecule has 1 aliphatic carbocycles. The molecule has 0 spiro atoms. The highest BCUT2D eigenvalue weighted by Gasteiger charge is 2.34. The fraction of sp³-hybridized carbons (Fsp3) is 0.444. The molecule has 1 saturated carbocycles. The van der Waals surface area contributed by atoms with Gasteiger partial charge in [-0.1, -0.05) is 24.6 Å². The average Bonchev–Trinajstić information content (AvgIpc) is 2.66.